The van der Waals surface area contributed by atoms with Crippen molar-refractivity contribution in [2.75, 3.05) is 37.5 Å². The largest absolute Gasteiger partial charge is 0.497 e. The minimum atomic E-state index is -0.637. The molecule has 0 aliphatic carbocycles. The number of carbonyl (C=O) groups excluding carboxylic acids is 4. The third kappa shape index (κ3) is 7.80. The Labute approximate surface area is 249 Å². The van der Waals surface area contributed by atoms with Gasteiger partial charge in [0, 0.05) is 11.4 Å². The Bertz CT molecular complexity index is 1530. The summed E-state index contributed by atoms with van der Waals surface area (Å²) < 4.78 is 29.4. The first-order valence-corrected chi connectivity index (χ1v) is 13.7. The number of methoxy groups -OCH3 is 1. The van der Waals surface area contributed by atoms with Gasteiger partial charge in [-0.2, -0.15) is 0 Å². The second-order valence-corrected chi connectivity index (χ2v) is 10.1. The first kappa shape index (κ1) is 30.4. The number of anilines is 2. The zero-order valence-electron chi connectivity index (χ0n) is 22.4. The highest BCUT2D eigenvalue weighted by molar-refractivity contribution is 8.18. The third-order valence-corrected chi connectivity index (χ3v) is 6.84. The monoisotopic (exact) mass is 613 g/mol. The van der Waals surface area contributed by atoms with Gasteiger partial charge in [0.25, 0.3) is 17.1 Å². The molecule has 2 N–H and O–H groups in total. The van der Waals surface area contributed by atoms with E-state index >= 15 is 0 Å². The Morgan fingerprint density at radius 2 is 1.62 bits per heavy atom. The number of imide groups is 1. The summed E-state index contributed by atoms with van der Waals surface area (Å²) in [6, 6.07) is 14.9. The Morgan fingerprint density at radius 1 is 0.976 bits per heavy atom. The molecule has 13 heteroatoms. The topological polar surface area (TPSA) is 123 Å². The summed E-state index contributed by atoms with van der Waals surface area (Å²) in [6.45, 7) is 1.12. The van der Waals surface area contributed by atoms with E-state index in [1.54, 1.807) is 37.3 Å². The predicted molar refractivity (Wildman–Crippen MR) is 157 cm³/mol. The molecule has 4 rings (SSSR count). The van der Waals surface area contributed by atoms with Gasteiger partial charge in [-0.25, -0.2) is 4.39 Å². The van der Waals surface area contributed by atoms with Gasteiger partial charge in [-0.3, -0.25) is 24.1 Å². The molecule has 0 atom stereocenters. The molecule has 1 saturated heterocycles. The van der Waals surface area contributed by atoms with Crippen LogP contribution in [0.2, 0.25) is 5.02 Å². The molecule has 0 saturated carbocycles. The van der Waals surface area contributed by atoms with Gasteiger partial charge in [0.15, 0.2) is 18.1 Å². The number of benzene rings is 3. The van der Waals surface area contributed by atoms with Gasteiger partial charge in [-0.05, 0) is 91.0 Å². The van der Waals surface area contributed by atoms with Crippen molar-refractivity contribution < 1.29 is 37.8 Å². The molecule has 42 heavy (non-hydrogen) atoms. The van der Waals surface area contributed by atoms with Gasteiger partial charge in [0.1, 0.15) is 18.1 Å². The second-order valence-electron chi connectivity index (χ2n) is 8.65. The standard InChI is InChI=1S/C29H25ClFN3O7S/c1-3-40-23-13-17(12-22(30)27(23)41-16-26(36)33-19-6-4-18(31)5-7-19)14-24-28(37)34(29(38)42-24)15-25(35)32-20-8-10-21(39-2)11-9-20/h4-14H,3,15-16H2,1-2H3,(H,32,35)(H,33,36)/b24-14+. The fraction of sp³-hybridized carbons (Fsp3) is 0.172. The predicted octanol–water partition coefficient (Wildman–Crippen LogP) is 5.58. The minimum Gasteiger partial charge on any atom is -0.497 e. The van der Waals surface area contributed by atoms with Crippen molar-refractivity contribution in [2.24, 2.45) is 0 Å². The average Bonchev–Trinajstić information content (AvgIpc) is 3.21. The first-order chi connectivity index (χ1) is 20.2. The van der Waals surface area contributed by atoms with Crippen molar-refractivity contribution in [2.45, 2.75) is 6.92 Å². The third-order valence-electron chi connectivity index (χ3n) is 5.65. The van der Waals surface area contributed by atoms with Gasteiger partial charge < -0.3 is 24.8 Å². The smallest absolute Gasteiger partial charge is 0.294 e. The molecule has 0 radical (unpaired) electrons. The van der Waals surface area contributed by atoms with E-state index in [1.165, 1.54) is 43.5 Å². The molecule has 3 aromatic rings. The molecule has 0 unspecified atom stereocenters. The van der Waals surface area contributed by atoms with E-state index < -0.39 is 41.9 Å². The van der Waals surface area contributed by atoms with Crippen LogP contribution in [-0.2, 0) is 14.4 Å². The summed E-state index contributed by atoms with van der Waals surface area (Å²) in [7, 11) is 1.52. The number of hydrogen-bond acceptors (Lipinski definition) is 8. The number of hydrogen-bond donors (Lipinski definition) is 2. The summed E-state index contributed by atoms with van der Waals surface area (Å²) in [5.41, 5.74) is 1.31. The number of nitrogens with zero attached hydrogens (tertiary/aromatic N) is 1. The number of amides is 4. The number of ether oxygens (including phenoxy) is 3. The molecule has 10 nitrogen and oxygen atoms in total. The first-order valence-electron chi connectivity index (χ1n) is 12.5. The molecule has 1 fully saturated rings. The van der Waals surface area contributed by atoms with E-state index in [0.29, 0.717) is 34.4 Å². The molecular formula is C29H25ClFN3O7S. The molecule has 1 heterocycles. The van der Waals surface area contributed by atoms with E-state index in [4.69, 9.17) is 25.8 Å². The number of thioether (sulfide) groups is 1. The number of halogens is 2. The zero-order chi connectivity index (χ0) is 30.2. The Balaban J connectivity index is 1.43. The average molecular weight is 614 g/mol. The molecule has 0 aromatic heterocycles. The summed E-state index contributed by atoms with van der Waals surface area (Å²) >= 11 is 7.12. The lowest BCUT2D eigenvalue weighted by Crippen LogP contribution is -2.36. The van der Waals surface area contributed by atoms with Crippen LogP contribution in [0.3, 0.4) is 0 Å². The Kier molecular flexibility index (Phi) is 10.0. The maximum Gasteiger partial charge on any atom is 0.294 e. The van der Waals surface area contributed by atoms with Gasteiger partial charge in [-0.15, -0.1) is 0 Å². The van der Waals surface area contributed by atoms with Gasteiger partial charge in [0.2, 0.25) is 5.91 Å². The minimum absolute atomic E-state index is 0.0862. The highest BCUT2D eigenvalue weighted by atomic mass is 35.5. The van der Waals surface area contributed by atoms with Crippen molar-refractivity contribution in [1.82, 2.24) is 4.90 Å². The Morgan fingerprint density at radius 3 is 2.26 bits per heavy atom. The SMILES string of the molecule is CCOc1cc(/C=C2/SC(=O)N(CC(=O)Nc3ccc(OC)cc3)C2=O)cc(Cl)c1OCC(=O)Nc1ccc(F)cc1. The molecule has 0 spiro atoms. The van der Waals surface area contributed by atoms with E-state index in [1.807, 2.05) is 0 Å². The van der Waals surface area contributed by atoms with Crippen LogP contribution in [0.1, 0.15) is 12.5 Å². The van der Waals surface area contributed by atoms with Crippen LogP contribution in [0.4, 0.5) is 20.6 Å². The van der Waals surface area contributed by atoms with Crippen molar-refractivity contribution in [1.29, 1.82) is 0 Å². The Hall–Kier alpha value is -4.55. The zero-order valence-corrected chi connectivity index (χ0v) is 24.0. The fourth-order valence-corrected chi connectivity index (χ4v) is 4.86. The quantitative estimate of drug-likeness (QED) is 0.269. The lowest BCUT2D eigenvalue weighted by atomic mass is 10.1. The van der Waals surface area contributed by atoms with Gasteiger partial charge in [-0.1, -0.05) is 11.6 Å². The summed E-state index contributed by atoms with van der Waals surface area (Å²) in [5, 5.41) is 4.72. The van der Waals surface area contributed by atoms with Crippen LogP contribution in [0.5, 0.6) is 17.2 Å². The van der Waals surface area contributed by atoms with E-state index in [9.17, 15) is 23.6 Å². The van der Waals surface area contributed by atoms with E-state index in [0.717, 1.165) is 4.90 Å². The second kappa shape index (κ2) is 13.9. The number of rotatable bonds is 11. The maximum atomic E-state index is 13.1. The van der Waals surface area contributed by atoms with E-state index in [-0.39, 0.29) is 28.0 Å². The van der Waals surface area contributed by atoms with Crippen LogP contribution in [0, 0.1) is 5.82 Å². The maximum absolute atomic E-state index is 13.1. The highest BCUT2D eigenvalue weighted by Crippen LogP contribution is 2.39. The van der Waals surface area contributed by atoms with Crippen LogP contribution in [0.25, 0.3) is 6.08 Å². The van der Waals surface area contributed by atoms with Crippen molar-refractivity contribution in [3.8, 4) is 17.2 Å². The van der Waals surface area contributed by atoms with E-state index in [2.05, 4.69) is 10.6 Å². The van der Waals surface area contributed by atoms with Gasteiger partial charge >= 0.3 is 0 Å². The fourth-order valence-electron chi connectivity index (χ4n) is 3.75. The highest BCUT2D eigenvalue weighted by Gasteiger charge is 2.36. The molecular weight excluding hydrogens is 589 g/mol. The van der Waals surface area contributed by atoms with Crippen molar-refractivity contribution in [3.63, 3.8) is 0 Å². The van der Waals surface area contributed by atoms with Crippen LogP contribution in [0.15, 0.2) is 65.6 Å². The number of carbonyl (C=O) groups is 4. The van der Waals surface area contributed by atoms with Crippen LogP contribution in [-0.4, -0.2) is 54.7 Å². The summed E-state index contributed by atoms with van der Waals surface area (Å²) in [6.07, 6.45) is 1.45. The van der Waals surface area contributed by atoms with Crippen LogP contribution < -0.4 is 24.8 Å². The van der Waals surface area contributed by atoms with Crippen molar-refractivity contribution in [3.05, 3.63) is 82.0 Å². The molecule has 0 bridgehead atoms. The number of nitrogens with one attached hydrogen (secondary N) is 2. The van der Waals surface area contributed by atoms with Crippen LogP contribution >= 0.6 is 23.4 Å². The molecule has 1 aliphatic heterocycles. The normalized spacial score (nSPS) is 13.7. The van der Waals surface area contributed by atoms with Gasteiger partial charge in [0.05, 0.1) is 23.6 Å². The summed E-state index contributed by atoms with van der Waals surface area (Å²) in [4.78, 5) is 51.3. The molecule has 1 aliphatic rings. The lowest BCUT2D eigenvalue weighted by Gasteiger charge is -2.15. The molecule has 4 amide bonds. The summed E-state index contributed by atoms with van der Waals surface area (Å²) in [5.74, 6) is -1.19. The lowest BCUT2D eigenvalue weighted by molar-refractivity contribution is -0.127. The van der Waals surface area contributed by atoms with Crippen molar-refractivity contribution >= 4 is 63.8 Å². The molecule has 3 aromatic carbocycles. The molecule has 218 valence electrons.